The quantitative estimate of drug-likeness (QED) is 0.166. The van der Waals surface area contributed by atoms with Gasteiger partial charge in [0.25, 0.3) is 0 Å². The number of aromatic nitrogens is 2. The predicted molar refractivity (Wildman–Crippen MR) is 234 cm³/mol. The molecule has 10 aromatic rings. The minimum absolute atomic E-state index is 0.718. The first-order valence-corrected chi connectivity index (χ1v) is 19.8. The van der Waals surface area contributed by atoms with Crippen LogP contribution in [0.1, 0.15) is 16.9 Å². The van der Waals surface area contributed by atoms with Crippen molar-refractivity contribution in [2.45, 2.75) is 12.8 Å². The second-order valence-corrected chi connectivity index (χ2v) is 15.5. The van der Waals surface area contributed by atoms with Crippen LogP contribution in [0.3, 0.4) is 0 Å². The smallest absolute Gasteiger partial charge is 0.160 e. The second-order valence-electron chi connectivity index (χ2n) is 14.4. The van der Waals surface area contributed by atoms with E-state index < -0.39 is 0 Å². The topological polar surface area (TPSA) is 25.8 Å². The van der Waals surface area contributed by atoms with Crippen molar-refractivity contribution in [2.24, 2.45) is 0 Å². The highest BCUT2D eigenvalue weighted by atomic mass is 32.1. The lowest BCUT2D eigenvalue weighted by Gasteiger charge is -2.16. The van der Waals surface area contributed by atoms with Crippen molar-refractivity contribution in [1.29, 1.82) is 0 Å². The standard InChI is InChI=1S/C52H34N2S/c1-3-13-33(14-4-1)47-32-48(54-52(53-47)34-15-5-2-6-16-34)38-18-11-17-37(29-38)39-22-12-23-43-40-19-7-8-20-41(40)45-30-35(25-27-44(45)51(39)43)36-26-28-50-46(31-36)42-21-9-10-24-49(42)55-50/h1-9,11-23,25-32H,10,24H2. The maximum Gasteiger partial charge on any atom is 0.160 e. The normalized spacial score (nSPS) is 12.5. The highest BCUT2D eigenvalue weighted by Gasteiger charge is 2.17. The van der Waals surface area contributed by atoms with Gasteiger partial charge in [0, 0.05) is 31.7 Å². The molecule has 0 spiro atoms. The molecule has 258 valence electrons. The number of nitrogens with zero attached hydrogens (tertiary/aromatic N) is 2. The molecule has 2 heterocycles. The lowest BCUT2D eigenvalue weighted by Crippen LogP contribution is -1.96. The van der Waals surface area contributed by atoms with Crippen molar-refractivity contribution in [1.82, 2.24) is 9.97 Å². The van der Waals surface area contributed by atoms with Gasteiger partial charge in [0.1, 0.15) is 0 Å². The van der Waals surface area contributed by atoms with Crippen molar-refractivity contribution < 1.29 is 0 Å². The van der Waals surface area contributed by atoms with E-state index in [2.05, 4.69) is 158 Å². The first-order valence-electron chi connectivity index (χ1n) is 19.0. The first kappa shape index (κ1) is 31.8. The third-order valence-electron chi connectivity index (χ3n) is 11.1. The first-order chi connectivity index (χ1) is 27.2. The van der Waals surface area contributed by atoms with Gasteiger partial charge in [-0.1, -0.05) is 152 Å². The number of hydrogen-bond acceptors (Lipinski definition) is 3. The Balaban J connectivity index is 1.09. The minimum Gasteiger partial charge on any atom is -0.228 e. The fourth-order valence-electron chi connectivity index (χ4n) is 8.47. The SMILES string of the molecule is C1=Cc2c(sc3ccc(-c4ccc5c(c4)c4ccccc4c4cccc(-c6cccc(-c7cc(-c8ccccc8)nc(-c8ccccc8)n7)c6)c45)cc23)CC1. The van der Waals surface area contributed by atoms with Crippen molar-refractivity contribution in [2.75, 3.05) is 0 Å². The Kier molecular flexibility index (Phi) is 7.53. The van der Waals surface area contributed by atoms with Gasteiger partial charge < -0.3 is 0 Å². The summed E-state index contributed by atoms with van der Waals surface area (Å²) in [6.45, 7) is 0. The molecule has 2 aromatic heterocycles. The Bertz CT molecular complexity index is 3080. The molecule has 0 atom stereocenters. The van der Waals surface area contributed by atoms with Gasteiger partial charge in [-0.25, -0.2) is 9.97 Å². The summed E-state index contributed by atoms with van der Waals surface area (Å²) >= 11 is 1.95. The van der Waals surface area contributed by atoms with E-state index in [9.17, 15) is 0 Å². The van der Waals surface area contributed by atoms with E-state index in [0.717, 1.165) is 52.3 Å². The van der Waals surface area contributed by atoms with Crippen LogP contribution in [0.2, 0.25) is 0 Å². The molecular formula is C52H34N2S. The Morgan fingerprint density at radius 1 is 0.418 bits per heavy atom. The molecule has 0 saturated heterocycles. The van der Waals surface area contributed by atoms with Gasteiger partial charge >= 0.3 is 0 Å². The van der Waals surface area contributed by atoms with Crippen LogP contribution in [0.25, 0.3) is 105 Å². The molecule has 0 bridgehead atoms. The molecule has 0 aliphatic heterocycles. The van der Waals surface area contributed by atoms with Gasteiger partial charge in [0.2, 0.25) is 0 Å². The molecule has 1 aliphatic carbocycles. The van der Waals surface area contributed by atoms with Crippen molar-refractivity contribution in [3.8, 4) is 56.2 Å². The van der Waals surface area contributed by atoms with Crippen molar-refractivity contribution >= 4 is 59.8 Å². The van der Waals surface area contributed by atoms with Gasteiger partial charge in [-0.2, -0.15) is 0 Å². The molecule has 0 amide bonds. The van der Waals surface area contributed by atoms with Gasteiger partial charge in [-0.15, -0.1) is 11.3 Å². The summed E-state index contributed by atoms with van der Waals surface area (Å²) in [5, 5.41) is 8.97. The maximum atomic E-state index is 5.15. The van der Waals surface area contributed by atoms with Gasteiger partial charge in [-0.05, 0) is 103 Å². The van der Waals surface area contributed by atoms with Crippen molar-refractivity contribution in [3.05, 3.63) is 186 Å². The summed E-state index contributed by atoms with van der Waals surface area (Å²) in [5.41, 5.74) is 11.2. The van der Waals surface area contributed by atoms with E-state index in [1.54, 1.807) is 0 Å². The molecule has 1 aliphatic rings. The summed E-state index contributed by atoms with van der Waals surface area (Å²) < 4.78 is 1.37. The summed E-state index contributed by atoms with van der Waals surface area (Å²) in [5.74, 6) is 0.718. The van der Waals surface area contributed by atoms with Crippen LogP contribution in [0, 0.1) is 0 Å². The molecule has 8 aromatic carbocycles. The number of hydrogen-bond donors (Lipinski definition) is 0. The molecule has 11 rings (SSSR count). The van der Waals surface area contributed by atoms with Crippen LogP contribution < -0.4 is 0 Å². The van der Waals surface area contributed by atoms with Crippen LogP contribution in [0.5, 0.6) is 0 Å². The van der Waals surface area contributed by atoms with Crippen LogP contribution in [0.15, 0.2) is 176 Å². The van der Waals surface area contributed by atoms with E-state index >= 15 is 0 Å². The second kappa shape index (κ2) is 13.0. The van der Waals surface area contributed by atoms with E-state index in [0.29, 0.717) is 0 Å². The number of benzene rings is 8. The maximum absolute atomic E-state index is 5.15. The summed E-state index contributed by atoms with van der Waals surface area (Å²) in [7, 11) is 0. The molecule has 0 unspecified atom stereocenters. The molecule has 3 heteroatoms. The average molecular weight is 719 g/mol. The predicted octanol–water partition coefficient (Wildman–Crippen LogP) is 14.4. The Labute approximate surface area is 323 Å². The number of fused-ring (bicyclic) bond motifs is 9. The number of thiophene rings is 1. The summed E-state index contributed by atoms with van der Waals surface area (Å²) in [6, 6.07) is 61.3. The summed E-state index contributed by atoms with van der Waals surface area (Å²) in [4.78, 5) is 11.7. The molecule has 55 heavy (non-hydrogen) atoms. The monoisotopic (exact) mass is 718 g/mol. The van der Waals surface area contributed by atoms with Crippen LogP contribution in [0.4, 0.5) is 0 Å². The highest BCUT2D eigenvalue weighted by Crippen LogP contribution is 2.43. The number of allylic oxidation sites excluding steroid dienone is 1. The molecule has 0 N–H and O–H groups in total. The number of aryl methyl sites for hydroxylation is 1. The fraction of sp³-hybridized carbons (Fsp3) is 0.0385. The van der Waals surface area contributed by atoms with E-state index in [4.69, 9.17) is 9.97 Å². The van der Waals surface area contributed by atoms with Gasteiger partial charge in [0.15, 0.2) is 5.82 Å². The third kappa shape index (κ3) is 5.47. The van der Waals surface area contributed by atoms with Gasteiger partial charge in [-0.3, -0.25) is 0 Å². The zero-order valence-corrected chi connectivity index (χ0v) is 30.9. The highest BCUT2D eigenvalue weighted by molar-refractivity contribution is 7.19. The Hall–Kier alpha value is -6.68. The number of rotatable bonds is 5. The van der Waals surface area contributed by atoms with Crippen LogP contribution in [-0.4, -0.2) is 9.97 Å². The van der Waals surface area contributed by atoms with Crippen LogP contribution in [-0.2, 0) is 6.42 Å². The van der Waals surface area contributed by atoms with E-state index in [-0.39, 0.29) is 0 Å². The zero-order valence-electron chi connectivity index (χ0n) is 30.0. The Morgan fingerprint density at radius 3 is 1.85 bits per heavy atom. The largest absolute Gasteiger partial charge is 0.228 e. The molecule has 2 nitrogen and oxygen atoms in total. The molecule has 0 saturated carbocycles. The fourth-order valence-corrected chi connectivity index (χ4v) is 9.66. The molecule has 0 radical (unpaired) electrons. The zero-order chi connectivity index (χ0) is 36.3. The lowest BCUT2D eigenvalue weighted by atomic mass is 9.87. The average Bonchev–Trinajstić information content (AvgIpc) is 3.65. The lowest BCUT2D eigenvalue weighted by molar-refractivity contribution is 1.02. The van der Waals surface area contributed by atoms with Crippen molar-refractivity contribution in [3.63, 3.8) is 0 Å². The van der Waals surface area contributed by atoms with Gasteiger partial charge in [0.05, 0.1) is 11.4 Å². The van der Waals surface area contributed by atoms with E-state index in [1.165, 1.54) is 69.5 Å². The molecule has 0 fully saturated rings. The van der Waals surface area contributed by atoms with E-state index in [1.807, 2.05) is 35.6 Å². The van der Waals surface area contributed by atoms with Crippen LogP contribution >= 0.6 is 11.3 Å². The third-order valence-corrected chi connectivity index (χ3v) is 12.4. The minimum atomic E-state index is 0.718. The summed E-state index contributed by atoms with van der Waals surface area (Å²) in [6.07, 6.45) is 6.92. The molecular weight excluding hydrogens is 685 g/mol. The Morgan fingerprint density at radius 2 is 1.04 bits per heavy atom.